The molecular formula is C12H18O2. The number of allylic oxidation sites excluding steroid dienone is 1. The molecule has 2 heteroatoms. The lowest BCUT2D eigenvalue weighted by Gasteiger charge is -2.43. The highest BCUT2D eigenvalue weighted by atomic mass is 16.5. The summed E-state index contributed by atoms with van der Waals surface area (Å²) in [6.07, 6.45) is 8.25. The molecular weight excluding hydrogens is 176 g/mol. The third-order valence-corrected chi connectivity index (χ3v) is 3.47. The Hall–Kier alpha value is -0.790. The molecule has 0 aliphatic heterocycles. The van der Waals surface area contributed by atoms with Gasteiger partial charge >= 0.3 is 5.97 Å². The van der Waals surface area contributed by atoms with Crippen LogP contribution >= 0.6 is 0 Å². The van der Waals surface area contributed by atoms with Gasteiger partial charge in [0.1, 0.15) is 0 Å². The molecule has 0 aromatic heterocycles. The first-order valence-corrected chi connectivity index (χ1v) is 5.68. The van der Waals surface area contributed by atoms with Crippen molar-refractivity contribution in [2.75, 3.05) is 6.61 Å². The van der Waals surface area contributed by atoms with Gasteiger partial charge in [0.05, 0.1) is 6.61 Å². The van der Waals surface area contributed by atoms with E-state index in [4.69, 9.17) is 4.74 Å². The van der Waals surface area contributed by atoms with Crippen molar-refractivity contribution in [3.8, 4) is 0 Å². The van der Waals surface area contributed by atoms with Crippen LogP contribution in [0.2, 0.25) is 0 Å². The second-order valence-corrected chi connectivity index (χ2v) is 4.33. The zero-order chi connectivity index (χ0) is 9.97. The van der Waals surface area contributed by atoms with E-state index in [-0.39, 0.29) is 5.97 Å². The zero-order valence-electron chi connectivity index (χ0n) is 8.79. The molecule has 0 N–H and O–H groups in total. The highest BCUT2D eigenvalue weighted by Gasteiger charge is 2.37. The number of ether oxygens (including phenoxy) is 1. The van der Waals surface area contributed by atoms with Crippen molar-refractivity contribution in [3.05, 3.63) is 11.6 Å². The number of fused-ring (bicyclic) bond motifs is 1. The van der Waals surface area contributed by atoms with Gasteiger partial charge in [0, 0.05) is 6.08 Å². The van der Waals surface area contributed by atoms with E-state index in [2.05, 4.69) is 0 Å². The molecule has 2 nitrogen and oxygen atoms in total. The summed E-state index contributed by atoms with van der Waals surface area (Å²) in [6.45, 7) is 2.33. The number of hydrogen-bond acceptors (Lipinski definition) is 2. The summed E-state index contributed by atoms with van der Waals surface area (Å²) >= 11 is 0. The molecule has 2 rings (SSSR count). The summed E-state index contributed by atoms with van der Waals surface area (Å²) in [6, 6.07) is 0. The van der Waals surface area contributed by atoms with Gasteiger partial charge in [-0.1, -0.05) is 18.4 Å². The van der Waals surface area contributed by atoms with Crippen molar-refractivity contribution in [1.29, 1.82) is 0 Å². The summed E-state index contributed by atoms with van der Waals surface area (Å²) in [4.78, 5) is 11.2. The number of carbonyl (C=O) groups excluding carboxylic acids is 1. The molecule has 0 saturated heterocycles. The highest BCUT2D eigenvalue weighted by molar-refractivity contribution is 5.83. The van der Waals surface area contributed by atoms with Crippen LogP contribution in [0.3, 0.4) is 0 Å². The van der Waals surface area contributed by atoms with E-state index in [1.165, 1.54) is 31.3 Å². The van der Waals surface area contributed by atoms with Gasteiger partial charge in [0.15, 0.2) is 0 Å². The van der Waals surface area contributed by atoms with Gasteiger partial charge in [0.2, 0.25) is 0 Å². The molecule has 0 amide bonds. The first kappa shape index (κ1) is 9.75. The maximum absolute atomic E-state index is 11.2. The molecule has 0 bridgehead atoms. The van der Waals surface area contributed by atoms with Crippen LogP contribution in [-0.4, -0.2) is 12.6 Å². The van der Waals surface area contributed by atoms with Crippen LogP contribution in [-0.2, 0) is 9.53 Å². The predicted octanol–water partition coefficient (Wildman–Crippen LogP) is 2.69. The SMILES string of the molecule is CCOC(=O)C=C1CC2CCCCC12. The van der Waals surface area contributed by atoms with Crippen LogP contribution in [0, 0.1) is 11.8 Å². The van der Waals surface area contributed by atoms with E-state index in [9.17, 15) is 4.79 Å². The molecule has 0 heterocycles. The van der Waals surface area contributed by atoms with Gasteiger partial charge in [-0.15, -0.1) is 0 Å². The van der Waals surface area contributed by atoms with Crippen molar-refractivity contribution >= 4 is 5.97 Å². The molecule has 2 unspecified atom stereocenters. The third-order valence-electron chi connectivity index (χ3n) is 3.47. The van der Waals surface area contributed by atoms with E-state index in [1.54, 1.807) is 6.08 Å². The van der Waals surface area contributed by atoms with E-state index in [0.29, 0.717) is 12.5 Å². The normalized spacial score (nSPS) is 33.4. The first-order chi connectivity index (χ1) is 6.81. The number of carbonyl (C=O) groups is 1. The molecule has 0 spiro atoms. The van der Waals surface area contributed by atoms with Gasteiger partial charge in [-0.3, -0.25) is 0 Å². The highest BCUT2D eigenvalue weighted by Crippen LogP contribution is 2.48. The van der Waals surface area contributed by atoms with Gasteiger partial charge in [-0.25, -0.2) is 4.79 Å². The minimum atomic E-state index is -0.147. The fourth-order valence-electron chi connectivity index (χ4n) is 2.74. The molecule has 0 aromatic rings. The van der Waals surface area contributed by atoms with Gasteiger partial charge in [0.25, 0.3) is 0 Å². The van der Waals surface area contributed by atoms with Gasteiger partial charge in [-0.2, -0.15) is 0 Å². The standard InChI is InChI=1S/C12H18O2/c1-2-14-12(13)8-10-7-9-5-3-4-6-11(9)10/h8-9,11H,2-7H2,1H3. The van der Waals surface area contributed by atoms with E-state index < -0.39 is 0 Å². The Bertz CT molecular complexity index is 255. The fraction of sp³-hybridized carbons (Fsp3) is 0.750. The molecule has 2 atom stereocenters. The Kier molecular flexibility index (Phi) is 2.90. The maximum Gasteiger partial charge on any atom is 0.330 e. The molecule has 78 valence electrons. The van der Waals surface area contributed by atoms with Crippen molar-refractivity contribution in [2.45, 2.75) is 39.0 Å². The van der Waals surface area contributed by atoms with E-state index in [0.717, 1.165) is 12.3 Å². The molecule has 14 heavy (non-hydrogen) atoms. The lowest BCUT2D eigenvalue weighted by atomic mass is 9.62. The number of rotatable bonds is 2. The summed E-state index contributed by atoms with van der Waals surface area (Å²) in [5.74, 6) is 1.45. The second kappa shape index (κ2) is 4.16. The Balaban J connectivity index is 1.91. The average Bonchev–Trinajstić information content (AvgIpc) is 2.15. The molecule has 0 aromatic carbocycles. The van der Waals surface area contributed by atoms with E-state index in [1.807, 2.05) is 6.92 Å². The van der Waals surface area contributed by atoms with Crippen molar-refractivity contribution < 1.29 is 9.53 Å². The van der Waals surface area contributed by atoms with Crippen LogP contribution in [0.4, 0.5) is 0 Å². The minimum absolute atomic E-state index is 0.147. The molecule has 2 aliphatic rings. The summed E-state index contributed by atoms with van der Waals surface area (Å²) in [7, 11) is 0. The van der Waals surface area contributed by atoms with Gasteiger partial charge in [-0.05, 0) is 38.0 Å². The molecule has 2 aliphatic carbocycles. The lowest BCUT2D eigenvalue weighted by Crippen LogP contribution is -2.32. The van der Waals surface area contributed by atoms with E-state index >= 15 is 0 Å². The topological polar surface area (TPSA) is 26.3 Å². The fourth-order valence-corrected chi connectivity index (χ4v) is 2.74. The summed E-state index contributed by atoms with van der Waals surface area (Å²) < 4.78 is 4.91. The van der Waals surface area contributed by atoms with Crippen molar-refractivity contribution in [2.24, 2.45) is 11.8 Å². The summed E-state index contributed by atoms with van der Waals surface area (Å²) in [5, 5.41) is 0. The average molecular weight is 194 g/mol. The molecule has 2 fully saturated rings. The van der Waals surface area contributed by atoms with Crippen molar-refractivity contribution in [3.63, 3.8) is 0 Å². The Morgan fingerprint density at radius 3 is 3.00 bits per heavy atom. The zero-order valence-corrected chi connectivity index (χ0v) is 8.79. The number of esters is 1. The Morgan fingerprint density at radius 2 is 2.29 bits per heavy atom. The van der Waals surface area contributed by atoms with Crippen LogP contribution in [0.1, 0.15) is 39.0 Å². The quantitative estimate of drug-likeness (QED) is 0.499. The Labute approximate surface area is 85.3 Å². The van der Waals surface area contributed by atoms with Crippen LogP contribution < -0.4 is 0 Å². The third kappa shape index (κ3) is 1.84. The smallest absolute Gasteiger partial charge is 0.330 e. The number of hydrogen-bond donors (Lipinski definition) is 0. The van der Waals surface area contributed by atoms with Crippen LogP contribution in [0.25, 0.3) is 0 Å². The van der Waals surface area contributed by atoms with Crippen LogP contribution in [0.5, 0.6) is 0 Å². The largest absolute Gasteiger partial charge is 0.463 e. The van der Waals surface area contributed by atoms with Gasteiger partial charge < -0.3 is 4.74 Å². The first-order valence-electron chi connectivity index (χ1n) is 5.68. The molecule has 0 radical (unpaired) electrons. The maximum atomic E-state index is 11.2. The predicted molar refractivity (Wildman–Crippen MR) is 54.8 cm³/mol. The minimum Gasteiger partial charge on any atom is -0.463 e. The second-order valence-electron chi connectivity index (χ2n) is 4.33. The van der Waals surface area contributed by atoms with Crippen molar-refractivity contribution in [1.82, 2.24) is 0 Å². The van der Waals surface area contributed by atoms with Crippen LogP contribution in [0.15, 0.2) is 11.6 Å². The summed E-state index contributed by atoms with van der Waals surface area (Å²) in [5.41, 5.74) is 1.34. The Morgan fingerprint density at radius 1 is 1.50 bits per heavy atom. The lowest BCUT2D eigenvalue weighted by molar-refractivity contribution is -0.137. The molecule has 2 saturated carbocycles. The monoisotopic (exact) mass is 194 g/mol.